The minimum absolute atomic E-state index is 0.0368. The third kappa shape index (κ3) is 5.27. The first kappa shape index (κ1) is 16.1. The molecule has 1 amide bonds. The van der Waals surface area contributed by atoms with E-state index in [0.717, 1.165) is 12.0 Å². The number of carbonyl (C=O) groups is 1. The number of hydrogen-bond acceptors (Lipinski definition) is 1. The van der Waals surface area contributed by atoms with Crippen molar-refractivity contribution in [2.24, 2.45) is 0 Å². The van der Waals surface area contributed by atoms with E-state index >= 15 is 0 Å². The molecule has 2 aromatic rings. The highest BCUT2D eigenvalue weighted by Gasteiger charge is 2.04. The van der Waals surface area contributed by atoms with Crippen LogP contribution in [0.4, 0.5) is 5.69 Å². The van der Waals surface area contributed by atoms with E-state index in [2.05, 4.69) is 24.1 Å². The molecule has 0 spiro atoms. The van der Waals surface area contributed by atoms with Gasteiger partial charge in [-0.25, -0.2) is 0 Å². The molecule has 0 aliphatic carbocycles. The van der Waals surface area contributed by atoms with Crippen molar-refractivity contribution in [3.63, 3.8) is 0 Å². The molecule has 0 heterocycles. The summed E-state index contributed by atoms with van der Waals surface area (Å²) < 4.78 is 0. The van der Waals surface area contributed by atoms with Gasteiger partial charge in [0.1, 0.15) is 0 Å². The maximum Gasteiger partial charge on any atom is 0.224 e. The van der Waals surface area contributed by atoms with Crippen LogP contribution in [0.1, 0.15) is 30.4 Å². The minimum Gasteiger partial charge on any atom is -0.325 e. The Kier molecular flexibility index (Phi) is 6.06. The number of unbranched alkanes of at least 4 members (excludes halogenated alkanes) is 1. The Morgan fingerprint density at radius 1 is 1.14 bits per heavy atom. The summed E-state index contributed by atoms with van der Waals surface area (Å²) in [4.78, 5) is 11.8. The molecule has 0 aromatic heterocycles. The van der Waals surface area contributed by atoms with Crippen molar-refractivity contribution in [1.29, 1.82) is 0 Å². The Balaban J connectivity index is 1.74. The molecular weight excluding hydrogens is 294 g/mol. The predicted molar refractivity (Wildman–Crippen MR) is 92.0 cm³/mol. The number of nitrogens with one attached hydrogen (secondary N) is 1. The van der Waals surface area contributed by atoms with Gasteiger partial charge in [0, 0.05) is 18.4 Å². The van der Waals surface area contributed by atoms with Crippen LogP contribution in [0.2, 0.25) is 5.02 Å². The zero-order valence-electron chi connectivity index (χ0n) is 12.5. The third-order valence-corrected chi connectivity index (χ3v) is 3.47. The van der Waals surface area contributed by atoms with Gasteiger partial charge in [0.15, 0.2) is 0 Å². The first-order valence-corrected chi connectivity index (χ1v) is 7.63. The standard InChI is InChI=1S/C19H18ClNO/c1-15-11-13-16(14-12-15)7-3-2-4-10-19(22)21-18-9-6-5-8-17(18)20/h5-6,8-9,11-14H,2,4,10H2,1H3,(H,21,22). The lowest BCUT2D eigenvalue weighted by molar-refractivity contribution is -0.116. The number of hydrogen-bond donors (Lipinski definition) is 1. The van der Waals surface area contributed by atoms with Crippen molar-refractivity contribution in [2.75, 3.05) is 5.32 Å². The van der Waals surface area contributed by atoms with Crippen LogP contribution >= 0.6 is 11.6 Å². The molecule has 22 heavy (non-hydrogen) atoms. The van der Waals surface area contributed by atoms with Gasteiger partial charge in [-0.2, -0.15) is 0 Å². The molecule has 0 aliphatic rings. The van der Waals surface area contributed by atoms with Crippen molar-refractivity contribution < 1.29 is 4.79 Å². The van der Waals surface area contributed by atoms with Crippen molar-refractivity contribution in [3.8, 4) is 11.8 Å². The Morgan fingerprint density at radius 3 is 2.59 bits per heavy atom. The Bertz CT molecular complexity index is 695. The largest absolute Gasteiger partial charge is 0.325 e. The van der Waals surface area contributed by atoms with Crippen molar-refractivity contribution in [2.45, 2.75) is 26.2 Å². The number of aryl methyl sites for hydroxylation is 1. The average molecular weight is 312 g/mol. The summed E-state index contributed by atoms with van der Waals surface area (Å²) in [5.74, 6) is 6.16. The van der Waals surface area contributed by atoms with Gasteiger partial charge in [-0.3, -0.25) is 4.79 Å². The van der Waals surface area contributed by atoms with Crippen LogP contribution in [0.5, 0.6) is 0 Å². The molecule has 2 nitrogen and oxygen atoms in total. The van der Waals surface area contributed by atoms with Crippen molar-refractivity contribution in [1.82, 2.24) is 0 Å². The summed E-state index contributed by atoms with van der Waals surface area (Å²) in [6.45, 7) is 2.05. The van der Waals surface area contributed by atoms with Gasteiger partial charge in [0.2, 0.25) is 5.91 Å². The maximum absolute atomic E-state index is 11.8. The SMILES string of the molecule is Cc1ccc(C#CCCCC(=O)Nc2ccccc2Cl)cc1. The smallest absolute Gasteiger partial charge is 0.224 e. The molecule has 3 heteroatoms. The summed E-state index contributed by atoms with van der Waals surface area (Å²) in [6, 6.07) is 15.3. The highest BCUT2D eigenvalue weighted by atomic mass is 35.5. The van der Waals surface area contributed by atoms with E-state index in [4.69, 9.17) is 11.6 Å². The normalized spacial score (nSPS) is 9.73. The summed E-state index contributed by atoms with van der Waals surface area (Å²) in [5.41, 5.74) is 2.88. The molecule has 0 saturated carbocycles. The molecule has 2 aromatic carbocycles. The molecule has 112 valence electrons. The second-order valence-corrected chi connectivity index (χ2v) is 5.46. The molecule has 0 radical (unpaired) electrons. The molecule has 2 rings (SSSR count). The molecule has 0 fully saturated rings. The van der Waals surface area contributed by atoms with E-state index < -0.39 is 0 Å². The minimum atomic E-state index is -0.0368. The number of anilines is 1. The van der Waals surface area contributed by atoms with E-state index in [1.807, 2.05) is 36.4 Å². The number of para-hydroxylation sites is 1. The van der Waals surface area contributed by atoms with Crippen LogP contribution < -0.4 is 5.32 Å². The summed E-state index contributed by atoms with van der Waals surface area (Å²) >= 11 is 5.99. The van der Waals surface area contributed by atoms with E-state index in [-0.39, 0.29) is 5.91 Å². The first-order chi connectivity index (χ1) is 10.6. The lowest BCUT2D eigenvalue weighted by Gasteiger charge is -2.05. The van der Waals surface area contributed by atoms with Crippen LogP contribution in [-0.2, 0) is 4.79 Å². The predicted octanol–water partition coefficient (Wildman–Crippen LogP) is 4.81. The highest BCUT2D eigenvalue weighted by Crippen LogP contribution is 2.20. The third-order valence-electron chi connectivity index (χ3n) is 3.14. The Labute approximate surface area is 136 Å². The summed E-state index contributed by atoms with van der Waals surface area (Å²) in [6.07, 6.45) is 1.87. The number of rotatable bonds is 4. The first-order valence-electron chi connectivity index (χ1n) is 7.25. The van der Waals surface area contributed by atoms with Gasteiger partial charge >= 0.3 is 0 Å². The zero-order valence-corrected chi connectivity index (χ0v) is 13.3. The van der Waals surface area contributed by atoms with E-state index in [1.54, 1.807) is 12.1 Å². The molecule has 0 saturated heterocycles. The molecule has 0 aliphatic heterocycles. The number of carbonyl (C=O) groups excluding carboxylic acids is 1. The van der Waals surface area contributed by atoms with Gasteiger partial charge in [0.25, 0.3) is 0 Å². The van der Waals surface area contributed by atoms with Crippen LogP contribution in [0.15, 0.2) is 48.5 Å². The summed E-state index contributed by atoms with van der Waals surface area (Å²) in [5, 5.41) is 3.36. The lowest BCUT2D eigenvalue weighted by atomic mass is 10.1. The molecule has 1 N–H and O–H groups in total. The highest BCUT2D eigenvalue weighted by molar-refractivity contribution is 6.33. The molecule has 0 atom stereocenters. The van der Waals surface area contributed by atoms with Crippen LogP contribution in [0.25, 0.3) is 0 Å². The van der Waals surface area contributed by atoms with Gasteiger partial charge < -0.3 is 5.32 Å². The monoisotopic (exact) mass is 311 g/mol. The second kappa shape index (κ2) is 8.26. The van der Waals surface area contributed by atoms with Gasteiger partial charge in [-0.1, -0.05) is 53.3 Å². The van der Waals surface area contributed by atoms with E-state index in [1.165, 1.54) is 5.56 Å². The van der Waals surface area contributed by atoms with E-state index in [0.29, 0.717) is 23.6 Å². The second-order valence-electron chi connectivity index (χ2n) is 5.05. The van der Waals surface area contributed by atoms with E-state index in [9.17, 15) is 4.79 Å². The van der Waals surface area contributed by atoms with Crippen molar-refractivity contribution >= 4 is 23.2 Å². The Hall–Kier alpha value is -2.24. The Morgan fingerprint density at radius 2 is 1.86 bits per heavy atom. The lowest BCUT2D eigenvalue weighted by Crippen LogP contribution is -2.11. The number of halogens is 1. The zero-order chi connectivity index (χ0) is 15.8. The van der Waals surface area contributed by atoms with Gasteiger partial charge in [-0.05, 0) is 37.6 Å². The fourth-order valence-electron chi connectivity index (χ4n) is 1.91. The van der Waals surface area contributed by atoms with Crippen LogP contribution in [0, 0.1) is 18.8 Å². The number of amides is 1. The fraction of sp³-hybridized carbons (Fsp3) is 0.211. The molecule has 0 bridgehead atoms. The quantitative estimate of drug-likeness (QED) is 0.637. The van der Waals surface area contributed by atoms with Gasteiger partial charge in [-0.15, -0.1) is 0 Å². The molecular formula is C19H18ClNO. The van der Waals surface area contributed by atoms with Crippen LogP contribution in [-0.4, -0.2) is 5.91 Å². The van der Waals surface area contributed by atoms with Crippen molar-refractivity contribution in [3.05, 3.63) is 64.7 Å². The molecule has 0 unspecified atom stereocenters. The topological polar surface area (TPSA) is 29.1 Å². The maximum atomic E-state index is 11.8. The van der Waals surface area contributed by atoms with Crippen LogP contribution in [0.3, 0.4) is 0 Å². The van der Waals surface area contributed by atoms with Gasteiger partial charge in [0.05, 0.1) is 10.7 Å². The summed E-state index contributed by atoms with van der Waals surface area (Å²) in [7, 11) is 0. The number of benzene rings is 2. The average Bonchev–Trinajstić information content (AvgIpc) is 2.51. The fourth-order valence-corrected chi connectivity index (χ4v) is 2.10.